The smallest absolute Gasteiger partial charge is 0.227 e. The molecule has 0 saturated carbocycles. The van der Waals surface area contributed by atoms with Crippen LogP contribution < -0.4 is 10.5 Å². The van der Waals surface area contributed by atoms with Crippen molar-refractivity contribution in [3.63, 3.8) is 0 Å². The second-order valence-electron chi connectivity index (χ2n) is 4.74. The zero-order valence-electron chi connectivity index (χ0n) is 11.3. The maximum Gasteiger partial charge on any atom is 0.227 e. The Balaban J connectivity index is 2.05. The molecule has 20 heavy (non-hydrogen) atoms. The second-order valence-corrected chi connectivity index (χ2v) is 4.74. The van der Waals surface area contributed by atoms with Crippen molar-refractivity contribution in [2.45, 2.75) is 13.5 Å². The molecule has 0 bridgehead atoms. The van der Waals surface area contributed by atoms with Gasteiger partial charge in [0.05, 0.1) is 0 Å². The van der Waals surface area contributed by atoms with E-state index in [1.165, 1.54) is 0 Å². The number of aryl methyl sites for hydroxylation is 1. The van der Waals surface area contributed by atoms with Crippen LogP contribution in [0.5, 0.6) is 11.6 Å². The van der Waals surface area contributed by atoms with Gasteiger partial charge in [0.15, 0.2) is 0 Å². The van der Waals surface area contributed by atoms with E-state index in [9.17, 15) is 0 Å². The quantitative estimate of drug-likeness (QED) is 0.782. The number of fused-ring (bicyclic) bond motifs is 1. The van der Waals surface area contributed by atoms with Gasteiger partial charge >= 0.3 is 0 Å². The van der Waals surface area contributed by atoms with Crippen LogP contribution in [0.25, 0.3) is 10.8 Å². The van der Waals surface area contributed by atoms with Gasteiger partial charge in [-0.05, 0) is 41.6 Å². The predicted octanol–water partition coefficient (Wildman–Crippen LogP) is 3.79. The number of nitrogens with zero attached hydrogens (tertiary/aromatic N) is 1. The zero-order valence-corrected chi connectivity index (χ0v) is 11.3. The van der Waals surface area contributed by atoms with E-state index in [1.807, 2.05) is 55.5 Å². The fourth-order valence-corrected chi connectivity index (χ4v) is 2.16. The number of pyridine rings is 1. The molecule has 0 fully saturated rings. The largest absolute Gasteiger partial charge is 0.438 e. The molecule has 3 heteroatoms. The third-order valence-electron chi connectivity index (χ3n) is 3.33. The molecular weight excluding hydrogens is 248 g/mol. The van der Waals surface area contributed by atoms with Crippen LogP contribution in [0, 0.1) is 6.92 Å². The molecule has 0 aliphatic heterocycles. The average molecular weight is 264 g/mol. The summed E-state index contributed by atoms with van der Waals surface area (Å²) in [5.41, 5.74) is 7.80. The molecule has 2 N–H and O–H groups in total. The highest BCUT2D eigenvalue weighted by Crippen LogP contribution is 2.29. The monoisotopic (exact) mass is 264 g/mol. The van der Waals surface area contributed by atoms with Gasteiger partial charge in [-0.15, -0.1) is 0 Å². The summed E-state index contributed by atoms with van der Waals surface area (Å²) in [6, 6.07) is 16.0. The molecule has 0 atom stereocenters. The second kappa shape index (κ2) is 5.31. The van der Waals surface area contributed by atoms with Crippen LogP contribution in [0.1, 0.15) is 11.1 Å². The molecule has 3 aromatic rings. The molecule has 1 aromatic heterocycles. The standard InChI is InChI=1S/C17H16N2O/c1-12-6-7-13(11-18)10-16(12)20-17-15-5-3-2-4-14(15)8-9-19-17/h2-10H,11,18H2,1H3. The summed E-state index contributed by atoms with van der Waals surface area (Å²) in [5.74, 6) is 1.43. The lowest BCUT2D eigenvalue weighted by Gasteiger charge is -2.11. The normalized spacial score (nSPS) is 10.7. The summed E-state index contributed by atoms with van der Waals surface area (Å²) in [7, 11) is 0. The van der Waals surface area contributed by atoms with Gasteiger partial charge in [0.25, 0.3) is 0 Å². The van der Waals surface area contributed by atoms with E-state index in [-0.39, 0.29) is 0 Å². The van der Waals surface area contributed by atoms with Crippen LogP contribution in [0.2, 0.25) is 0 Å². The summed E-state index contributed by atoms with van der Waals surface area (Å²) in [5, 5.41) is 2.12. The number of rotatable bonds is 3. The van der Waals surface area contributed by atoms with Gasteiger partial charge in [0, 0.05) is 18.1 Å². The molecule has 2 aromatic carbocycles. The van der Waals surface area contributed by atoms with E-state index in [0.29, 0.717) is 12.4 Å². The summed E-state index contributed by atoms with van der Waals surface area (Å²) >= 11 is 0. The third-order valence-corrected chi connectivity index (χ3v) is 3.33. The Morgan fingerprint density at radius 3 is 2.80 bits per heavy atom. The molecule has 3 nitrogen and oxygen atoms in total. The summed E-state index contributed by atoms with van der Waals surface area (Å²) < 4.78 is 6.00. The first-order valence-corrected chi connectivity index (χ1v) is 6.59. The van der Waals surface area contributed by atoms with Gasteiger partial charge in [-0.1, -0.05) is 30.3 Å². The first kappa shape index (κ1) is 12.6. The Hall–Kier alpha value is -2.39. The van der Waals surface area contributed by atoms with Gasteiger partial charge in [0.1, 0.15) is 5.75 Å². The minimum atomic E-state index is 0.500. The average Bonchev–Trinajstić information content (AvgIpc) is 2.50. The molecule has 3 rings (SSSR count). The Kier molecular flexibility index (Phi) is 3.35. The van der Waals surface area contributed by atoms with Crippen LogP contribution in [-0.4, -0.2) is 4.98 Å². The molecule has 0 aliphatic rings. The number of aromatic nitrogens is 1. The first-order chi connectivity index (χ1) is 9.78. The Bertz CT molecular complexity index is 748. The van der Waals surface area contributed by atoms with Crippen molar-refractivity contribution >= 4 is 10.8 Å². The Labute approximate surface area is 118 Å². The van der Waals surface area contributed by atoms with Crippen molar-refractivity contribution in [3.05, 3.63) is 65.9 Å². The molecule has 1 heterocycles. The maximum atomic E-state index is 6.00. The van der Waals surface area contributed by atoms with Gasteiger partial charge in [-0.3, -0.25) is 0 Å². The molecule has 0 aliphatic carbocycles. The summed E-state index contributed by atoms with van der Waals surface area (Å²) in [6.07, 6.45) is 1.76. The number of benzene rings is 2. The minimum Gasteiger partial charge on any atom is -0.438 e. The highest BCUT2D eigenvalue weighted by Gasteiger charge is 2.07. The molecule has 0 radical (unpaired) electrons. The van der Waals surface area contributed by atoms with Crippen LogP contribution >= 0.6 is 0 Å². The number of hydrogen-bond acceptors (Lipinski definition) is 3. The van der Waals surface area contributed by atoms with E-state index in [0.717, 1.165) is 27.6 Å². The van der Waals surface area contributed by atoms with Crippen molar-refractivity contribution in [3.8, 4) is 11.6 Å². The SMILES string of the molecule is Cc1ccc(CN)cc1Oc1nccc2ccccc12. The fourth-order valence-electron chi connectivity index (χ4n) is 2.16. The topological polar surface area (TPSA) is 48.1 Å². The highest BCUT2D eigenvalue weighted by molar-refractivity contribution is 5.86. The van der Waals surface area contributed by atoms with E-state index in [4.69, 9.17) is 10.5 Å². The van der Waals surface area contributed by atoms with Crippen molar-refractivity contribution in [1.29, 1.82) is 0 Å². The predicted molar refractivity (Wildman–Crippen MR) is 80.9 cm³/mol. The minimum absolute atomic E-state index is 0.500. The first-order valence-electron chi connectivity index (χ1n) is 6.59. The molecule has 0 saturated heterocycles. The van der Waals surface area contributed by atoms with Crippen LogP contribution in [-0.2, 0) is 6.54 Å². The number of ether oxygens (including phenoxy) is 1. The van der Waals surface area contributed by atoms with E-state index in [2.05, 4.69) is 4.98 Å². The molecular formula is C17H16N2O. The highest BCUT2D eigenvalue weighted by atomic mass is 16.5. The molecule has 0 spiro atoms. The van der Waals surface area contributed by atoms with Crippen molar-refractivity contribution in [2.75, 3.05) is 0 Å². The van der Waals surface area contributed by atoms with E-state index in [1.54, 1.807) is 6.20 Å². The van der Waals surface area contributed by atoms with E-state index < -0.39 is 0 Å². The maximum absolute atomic E-state index is 6.00. The Morgan fingerprint density at radius 2 is 1.95 bits per heavy atom. The Morgan fingerprint density at radius 1 is 1.10 bits per heavy atom. The van der Waals surface area contributed by atoms with Gasteiger partial charge in [-0.2, -0.15) is 0 Å². The van der Waals surface area contributed by atoms with Crippen molar-refractivity contribution in [1.82, 2.24) is 4.98 Å². The van der Waals surface area contributed by atoms with E-state index >= 15 is 0 Å². The van der Waals surface area contributed by atoms with Gasteiger partial charge < -0.3 is 10.5 Å². The molecule has 0 unspecified atom stereocenters. The lowest BCUT2D eigenvalue weighted by Crippen LogP contribution is -1.98. The van der Waals surface area contributed by atoms with Crippen LogP contribution in [0.4, 0.5) is 0 Å². The van der Waals surface area contributed by atoms with Crippen molar-refractivity contribution < 1.29 is 4.74 Å². The number of nitrogens with two attached hydrogens (primary N) is 1. The molecule has 0 amide bonds. The van der Waals surface area contributed by atoms with Gasteiger partial charge in [-0.25, -0.2) is 4.98 Å². The van der Waals surface area contributed by atoms with Crippen LogP contribution in [0.15, 0.2) is 54.7 Å². The third kappa shape index (κ3) is 2.36. The lowest BCUT2D eigenvalue weighted by atomic mass is 10.1. The number of hydrogen-bond donors (Lipinski definition) is 1. The lowest BCUT2D eigenvalue weighted by molar-refractivity contribution is 0.465. The summed E-state index contributed by atoms with van der Waals surface area (Å²) in [4.78, 5) is 4.35. The molecule has 100 valence electrons. The van der Waals surface area contributed by atoms with Gasteiger partial charge in [0.2, 0.25) is 5.88 Å². The fraction of sp³-hybridized carbons (Fsp3) is 0.118. The van der Waals surface area contributed by atoms with Crippen molar-refractivity contribution in [2.24, 2.45) is 5.73 Å². The summed E-state index contributed by atoms with van der Waals surface area (Å²) in [6.45, 7) is 2.51. The van der Waals surface area contributed by atoms with Crippen LogP contribution in [0.3, 0.4) is 0 Å². The zero-order chi connectivity index (χ0) is 13.9.